The molecule has 2 aromatic rings. The zero-order chi connectivity index (χ0) is 24.5. The summed E-state index contributed by atoms with van der Waals surface area (Å²) in [6, 6.07) is 9.02. The molecule has 8 nitrogen and oxygen atoms in total. The number of likely N-dealkylation sites (tertiary alicyclic amines) is 1. The average molecular weight is 516 g/mol. The maximum absolute atomic E-state index is 13.2. The van der Waals surface area contributed by atoms with Crippen molar-refractivity contribution >= 4 is 34.3 Å². The number of piperidine rings is 1. The Labute approximate surface area is 212 Å². The van der Waals surface area contributed by atoms with E-state index in [1.165, 1.54) is 0 Å². The third-order valence-corrected chi connectivity index (χ3v) is 9.06. The lowest BCUT2D eigenvalue weighted by Gasteiger charge is -2.40. The standard InChI is InChI=1S/C25H30ClN5O3S/c26-19-3-4-20-21(15-19)35(34)16-18-2-1-7-28-23(18)24(20)30-12-10-29(11-13-30)22(32)14-17-5-8-31(9-6-17)25(27)33/h1-4,7,15,17,24H,5-6,8-14,16H2,(H2,27,33). The Hall–Kier alpha value is -2.49. The van der Waals surface area contributed by atoms with Gasteiger partial charge in [0.05, 0.1) is 28.3 Å². The first-order chi connectivity index (χ1) is 16.9. The van der Waals surface area contributed by atoms with Gasteiger partial charge >= 0.3 is 6.03 Å². The number of hydrogen-bond acceptors (Lipinski definition) is 5. The predicted octanol–water partition coefficient (Wildman–Crippen LogP) is 2.77. The summed E-state index contributed by atoms with van der Waals surface area (Å²) < 4.78 is 13.2. The Bertz CT molecular complexity index is 1150. The topological polar surface area (TPSA) is 99.8 Å². The fraction of sp³-hybridized carbons (Fsp3) is 0.480. The van der Waals surface area contributed by atoms with E-state index in [1.807, 2.05) is 35.2 Å². The highest BCUT2D eigenvalue weighted by molar-refractivity contribution is 7.84. The zero-order valence-electron chi connectivity index (χ0n) is 19.6. The molecule has 2 fully saturated rings. The third kappa shape index (κ3) is 5.08. The van der Waals surface area contributed by atoms with E-state index in [9.17, 15) is 13.8 Å². The molecule has 0 bridgehead atoms. The molecule has 0 aliphatic carbocycles. The minimum Gasteiger partial charge on any atom is -0.351 e. The van der Waals surface area contributed by atoms with Crippen molar-refractivity contribution in [2.24, 2.45) is 11.7 Å². The monoisotopic (exact) mass is 515 g/mol. The summed E-state index contributed by atoms with van der Waals surface area (Å²) in [7, 11) is -1.20. The Balaban J connectivity index is 1.29. The molecule has 0 spiro atoms. The molecule has 1 aromatic carbocycles. The molecule has 3 amide bonds. The molecular weight excluding hydrogens is 486 g/mol. The number of halogens is 1. The highest BCUT2D eigenvalue weighted by Crippen LogP contribution is 2.39. The van der Waals surface area contributed by atoms with Gasteiger partial charge in [0.2, 0.25) is 5.91 Å². The molecule has 3 aliphatic rings. The summed E-state index contributed by atoms with van der Waals surface area (Å²) in [4.78, 5) is 35.8. The summed E-state index contributed by atoms with van der Waals surface area (Å²) in [6.45, 7) is 3.95. The second kappa shape index (κ2) is 10.2. The number of carbonyl (C=O) groups excluding carboxylic acids is 2. The lowest BCUT2D eigenvalue weighted by molar-refractivity contribution is -0.134. The van der Waals surface area contributed by atoms with Crippen LogP contribution in [-0.2, 0) is 21.3 Å². The Morgan fingerprint density at radius 3 is 2.51 bits per heavy atom. The molecule has 4 heterocycles. The van der Waals surface area contributed by atoms with E-state index >= 15 is 0 Å². The molecule has 5 rings (SSSR count). The lowest BCUT2D eigenvalue weighted by atomic mass is 9.93. The van der Waals surface area contributed by atoms with Crippen LogP contribution in [0.1, 0.15) is 42.1 Å². The average Bonchev–Trinajstić information content (AvgIpc) is 2.98. The number of pyridine rings is 1. The second-order valence-electron chi connectivity index (χ2n) is 9.51. The number of benzene rings is 1. The fourth-order valence-corrected chi connectivity index (χ4v) is 7.07. The van der Waals surface area contributed by atoms with Crippen molar-refractivity contribution < 1.29 is 13.8 Å². The molecule has 35 heavy (non-hydrogen) atoms. The normalized spacial score (nSPS) is 23.3. The van der Waals surface area contributed by atoms with E-state index < -0.39 is 10.8 Å². The molecule has 10 heteroatoms. The van der Waals surface area contributed by atoms with Crippen molar-refractivity contribution in [2.75, 3.05) is 39.3 Å². The lowest BCUT2D eigenvalue weighted by Crippen LogP contribution is -2.50. The van der Waals surface area contributed by atoms with Crippen LogP contribution in [-0.4, -0.2) is 75.1 Å². The Kier molecular flexibility index (Phi) is 7.09. The van der Waals surface area contributed by atoms with Crippen LogP contribution in [0.15, 0.2) is 41.4 Å². The number of primary amides is 1. The molecule has 2 unspecified atom stereocenters. The van der Waals surface area contributed by atoms with Crippen LogP contribution in [0.2, 0.25) is 5.02 Å². The Morgan fingerprint density at radius 2 is 1.80 bits per heavy atom. The van der Waals surface area contributed by atoms with Gasteiger partial charge in [0.15, 0.2) is 0 Å². The third-order valence-electron chi connectivity index (χ3n) is 7.41. The van der Waals surface area contributed by atoms with Gasteiger partial charge in [-0.15, -0.1) is 0 Å². The molecule has 1 aromatic heterocycles. The molecule has 186 valence electrons. The van der Waals surface area contributed by atoms with Gasteiger partial charge in [-0.25, -0.2) is 4.79 Å². The predicted molar refractivity (Wildman–Crippen MR) is 134 cm³/mol. The first-order valence-corrected chi connectivity index (χ1v) is 13.8. The summed E-state index contributed by atoms with van der Waals surface area (Å²) in [5.41, 5.74) is 8.27. The van der Waals surface area contributed by atoms with E-state index in [1.54, 1.807) is 11.1 Å². The van der Waals surface area contributed by atoms with Crippen molar-refractivity contribution in [1.29, 1.82) is 0 Å². The summed E-state index contributed by atoms with van der Waals surface area (Å²) in [5, 5.41) is 0.576. The highest BCUT2D eigenvalue weighted by atomic mass is 35.5. The number of nitrogens with zero attached hydrogens (tertiary/aromatic N) is 4. The van der Waals surface area contributed by atoms with Crippen LogP contribution >= 0.6 is 11.6 Å². The first kappa shape index (κ1) is 24.2. The van der Waals surface area contributed by atoms with E-state index in [4.69, 9.17) is 22.3 Å². The fourth-order valence-electron chi connectivity index (χ4n) is 5.45. The second-order valence-corrected chi connectivity index (χ2v) is 11.4. The first-order valence-electron chi connectivity index (χ1n) is 12.1. The number of hydrogen-bond donors (Lipinski definition) is 1. The van der Waals surface area contributed by atoms with Crippen LogP contribution < -0.4 is 5.73 Å². The molecule has 2 saturated heterocycles. The van der Waals surface area contributed by atoms with Gasteiger partial charge in [-0.1, -0.05) is 23.7 Å². The van der Waals surface area contributed by atoms with Gasteiger partial charge in [-0.05, 0) is 48.1 Å². The van der Waals surface area contributed by atoms with E-state index in [-0.39, 0.29) is 18.0 Å². The van der Waals surface area contributed by atoms with E-state index in [0.29, 0.717) is 62.4 Å². The minimum atomic E-state index is -1.20. The number of piperazine rings is 1. The minimum absolute atomic E-state index is 0.125. The summed E-state index contributed by atoms with van der Waals surface area (Å²) in [5.74, 6) is 0.885. The van der Waals surface area contributed by atoms with Crippen LogP contribution in [0.3, 0.4) is 0 Å². The maximum atomic E-state index is 13.2. The largest absolute Gasteiger partial charge is 0.351 e. The van der Waals surface area contributed by atoms with Gasteiger partial charge in [0, 0.05) is 61.8 Å². The maximum Gasteiger partial charge on any atom is 0.314 e. The van der Waals surface area contributed by atoms with Crippen LogP contribution in [0.5, 0.6) is 0 Å². The van der Waals surface area contributed by atoms with Crippen molar-refractivity contribution in [3.05, 3.63) is 58.4 Å². The smallest absolute Gasteiger partial charge is 0.314 e. The number of rotatable bonds is 3. The molecule has 3 aliphatic heterocycles. The van der Waals surface area contributed by atoms with Crippen molar-refractivity contribution in [2.45, 2.75) is 36.0 Å². The number of nitrogens with two attached hydrogens (primary N) is 1. The van der Waals surface area contributed by atoms with Crippen LogP contribution in [0.4, 0.5) is 4.79 Å². The van der Waals surface area contributed by atoms with Gasteiger partial charge in [0.1, 0.15) is 0 Å². The van der Waals surface area contributed by atoms with Crippen LogP contribution in [0, 0.1) is 5.92 Å². The van der Waals surface area contributed by atoms with Crippen molar-refractivity contribution in [3.8, 4) is 0 Å². The Morgan fingerprint density at radius 1 is 1.06 bits per heavy atom. The van der Waals surface area contributed by atoms with Gasteiger partial charge in [-0.3, -0.25) is 18.9 Å². The SMILES string of the molecule is NC(=O)N1CCC(CC(=O)N2CCN(C3c4ccc(Cl)cc4S(=O)Cc4cccnc43)CC2)CC1. The molecular formula is C25H30ClN5O3S. The quantitative estimate of drug-likeness (QED) is 0.677. The van der Waals surface area contributed by atoms with Crippen LogP contribution in [0.25, 0.3) is 0 Å². The number of carbonyl (C=O) groups is 2. The number of aromatic nitrogens is 1. The van der Waals surface area contributed by atoms with E-state index in [2.05, 4.69) is 4.90 Å². The molecule has 0 radical (unpaired) electrons. The van der Waals surface area contributed by atoms with Gasteiger partial charge in [-0.2, -0.15) is 0 Å². The van der Waals surface area contributed by atoms with Crippen molar-refractivity contribution in [1.82, 2.24) is 19.7 Å². The summed E-state index contributed by atoms with van der Waals surface area (Å²) >= 11 is 6.26. The zero-order valence-corrected chi connectivity index (χ0v) is 21.1. The van der Waals surface area contributed by atoms with Crippen molar-refractivity contribution in [3.63, 3.8) is 0 Å². The molecule has 0 saturated carbocycles. The van der Waals surface area contributed by atoms with Gasteiger partial charge in [0.25, 0.3) is 0 Å². The summed E-state index contributed by atoms with van der Waals surface area (Å²) in [6.07, 6.45) is 3.94. The number of amides is 3. The number of urea groups is 1. The van der Waals surface area contributed by atoms with Gasteiger partial charge < -0.3 is 15.5 Å². The number of fused-ring (bicyclic) bond motifs is 2. The highest BCUT2D eigenvalue weighted by Gasteiger charge is 2.35. The molecule has 2 N–H and O–H groups in total. The van der Waals surface area contributed by atoms with E-state index in [0.717, 1.165) is 34.6 Å². The molecule has 2 atom stereocenters.